The fourth-order valence-corrected chi connectivity index (χ4v) is 7.36. The van der Waals surface area contributed by atoms with Crippen molar-refractivity contribution in [2.75, 3.05) is 11.9 Å². The van der Waals surface area contributed by atoms with Crippen molar-refractivity contribution in [1.82, 2.24) is 0 Å². The van der Waals surface area contributed by atoms with Gasteiger partial charge in [0.05, 0.1) is 17.2 Å². The zero-order valence-electron chi connectivity index (χ0n) is 13.3. The molecule has 0 aromatic heterocycles. The Bertz CT molecular complexity index is 1030. The number of rotatable bonds is 0. The Morgan fingerprint density at radius 1 is 1.40 bits per heavy atom. The van der Waals surface area contributed by atoms with E-state index in [0.717, 1.165) is 40.3 Å². The molecule has 4 aliphatic heterocycles. The molecule has 7 heteroatoms. The lowest BCUT2D eigenvalue weighted by molar-refractivity contribution is 0.189. The van der Waals surface area contributed by atoms with Crippen LogP contribution in [0.3, 0.4) is 0 Å². The van der Waals surface area contributed by atoms with Crippen molar-refractivity contribution >= 4 is 50.9 Å². The van der Waals surface area contributed by atoms with Gasteiger partial charge in [-0.2, -0.15) is 0 Å². The van der Waals surface area contributed by atoms with Crippen LogP contribution in [0.25, 0.3) is 5.57 Å². The molecule has 5 aliphatic rings. The van der Waals surface area contributed by atoms with Crippen LogP contribution in [0.1, 0.15) is 24.8 Å². The predicted molar refractivity (Wildman–Crippen MR) is 103 cm³/mol. The number of hydrogen-bond acceptors (Lipinski definition) is 6. The first-order valence-corrected chi connectivity index (χ1v) is 10.3. The van der Waals surface area contributed by atoms with Crippen molar-refractivity contribution in [1.29, 1.82) is 0 Å². The van der Waals surface area contributed by atoms with Crippen LogP contribution in [0.4, 0.5) is 11.4 Å². The molecule has 25 heavy (non-hydrogen) atoms. The highest BCUT2D eigenvalue weighted by molar-refractivity contribution is 9.11. The number of aliphatic hydroxyl groups excluding tert-OH is 1. The fraction of sp³-hybridized carbons (Fsp3) is 0.444. The standard InChI is InChI=1S/C18H16BrN3O2S/c19-8-4-18-5-11(25-10(18)3-9(8)23)22-16-13(18)14-12-7(1-2-20-14)6-21-15(12)17(16)24/h4,6,9-11,20,23-24H,1-3,5H2/t9-,10-,11+,18+/m1/s1. The van der Waals surface area contributed by atoms with Crippen LogP contribution in [0.15, 0.2) is 20.5 Å². The van der Waals surface area contributed by atoms with Gasteiger partial charge in [-0.25, -0.2) is 0 Å². The maximum Gasteiger partial charge on any atom is 0.167 e. The van der Waals surface area contributed by atoms with Gasteiger partial charge in [0, 0.05) is 38.7 Å². The van der Waals surface area contributed by atoms with Gasteiger partial charge in [-0.1, -0.05) is 22.0 Å². The number of halogens is 1. The van der Waals surface area contributed by atoms with Crippen LogP contribution in [0.2, 0.25) is 0 Å². The molecule has 0 radical (unpaired) electrons. The molecular weight excluding hydrogens is 402 g/mol. The number of allylic oxidation sites excluding steroid dienone is 1. The molecule has 3 N–H and O–H groups in total. The number of nitrogens with zero attached hydrogens (tertiary/aromatic N) is 2. The summed E-state index contributed by atoms with van der Waals surface area (Å²) in [5, 5.41) is 27.0. The van der Waals surface area contributed by atoms with Crippen molar-refractivity contribution < 1.29 is 10.2 Å². The lowest BCUT2D eigenvalue weighted by atomic mass is 9.68. The van der Waals surface area contributed by atoms with E-state index in [1.54, 1.807) is 0 Å². The van der Waals surface area contributed by atoms with E-state index in [9.17, 15) is 10.2 Å². The number of nitrogens with one attached hydrogen (secondary N) is 1. The minimum absolute atomic E-state index is 0.118. The molecule has 1 spiro atoms. The number of aliphatic imine (C=N–C) groups is 1. The number of thioether (sulfide) groups is 1. The largest absolute Gasteiger partial charge is 0.504 e. The van der Waals surface area contributed by atoms with Crippen molar-refractivity contribution in [3.05, 3.63) is 26.7 Å². The second kappa shape index (κ2) is 4.69. The zero-order chi connectivity index (χ0) is 16.9. The average molecular weight is 418 g/mol. The van der Waals surface area contributed by atoms with Gasteiger partial charge in [-0.15, -0.1) is 11.8 Å². The van der Waals surface area contributed by atoms with E-state index in [4.69, 9.17) is 4.99 Å². The summed E-state index contributed by atoms with van der Waals surface area (Å²) in [6.07, 6.45) is 6.16. The molecule has 1 aromatic carbocycles. The molecule has 0 saturated carbocycles. The number of aromatic hydroxyl groups is 1. The molecule has 1 aromatic rings. The maximum absolute atomic E-state index is 10.9. The van der Waals surface area contributed by atoms with Gasteiger partial charge in [-0.05, 0) is 24.8 Å². The van der Waals surface area contributed by atoms with E-state index in [0.29, 0.717) is 17.5 Å². The van der Waals surface area contributed by atoms with Gasteiger partial charge in [0.2, 0.25) is 0 Å². The normalized spacial score (nSPS) is 36.2. The highest BCUT2D eigenvalue weighted by Gasteiger charge is 2.55. The number of anilines is 1. The van der Waals surface area contributed by atoms with Crippen LogP contribution in [-0.4, -0.2) is 39.7 Å². The maximum atomic E-state index is 10.9. The van der Waals surface area contributed by atoms with Gasteiger partial charge >= 0.3 is 0 Å². The average Bonchev–Trinajstić information content (AvgIpc) is 3.13. The first kappa shape index (κ1) is 14.8. The van der Waals surface area contributed by atoms with Crippen LogP contribution in [0, 0.1) is 0 Å². The van der Waals surface area contributed by atoms with E-state index >= 15 is 0 Å². The van der Waals surface area contributed by atoms with Gasteiger partial charge in [0.15, 0.2) is 5.75 Å². The summed E-state index contributed by atoms with van der Waals surface area (Å²) in [6.45, 7) is 0.871. The Kier molecular flexibility index (Phi) is 2.78. The monoisotopic (exact) mass is 417 g/mol. The second-order valence-electron chi connectivity index (χ2n) is 7.36. The summed E-state index contributed by atoms with van der Waals surface area (Å²) in [5.74, 6) is 0.213. The number of hydrogen-bond donors (Lipinski definition) is 3. The van der Waals surface area contributed by atoms with Crippen molar-refractivity contribution in [2.45, 2.75) is 41.4 Å². The summed E-state index contributed by atoms with van der Waals surface area (Å²) >= 11 is 5.40. The topological polar surface area (TPSA) is 77.2 Å². The smallest absolute Gasteiger partial charge is 0.167 e. The molecule has 4 atom stereocenters. The first-order chi connectivity index (χ1) is 12.1. The lowest BCUT2D eigenvalue weighted by Gasteiger charge is -2.40. The number of aliphatic hydroxyl groups is 1. The predicted octanol–water partition coefficient (Wildman–Crippen LogP) is 1.82. The lowest BCUT2D eigenvalue weighted by Crippen LogP contribution is -2.45. The first-order valence-electron chi connectivity index (χ1n) is 8.58. The summed E-state index contributed by atoms with van der Waals surface area (Å²) in [6, 6.07) is 0. The van der Waals surface area contributed by atoms with E-state index in [2.05, 4.69) is 32.3 Å². The third-order valence-electron chi connectivity index (χ3n) is 6.09. The third-order valence-corrected chi connectivity index (χ3v) is 8.37. The third kappa shape index (κ3) is 1.70. The Labute approximate surface area is 156 Å². The zero-order valence-corrected chi connectivity index (χ0v) is 15.7. The molecule has 4 heterocycles. The molecular formula is C18H16BrN3O2S. The Morgan fingerprint density at radius 3 is 3.16 bits per heavy atom. The van der Waals surface area contributed by atoms with Crippen LogP contribution in [-0.2, 0) is 5.41 Å². The Hall–Kier alpha value is -1.31. The summed E-state index contributed by atoms with van der Waals surface area (Å²) in [5.41, 5.74) is 3.84. The van der Waals surface area contributed by atoms with Crippen LogP contribution in [0.5, 0.6) is 5.75 Å². The molecule has 1 saturated heterocycles. The minimum Gasteiger partial charge on any atom is -0.504 e. The number of benzene rings is 1. The quantitative estimate of drug-likeness (QED) is 0.562. The summed E-state index contributed by atoms with van der Waals surface area (Å²) < 4.78 is 0.848. The molecule has 1 aliphatic carbocycles. The summed E-state index contributed by atoms with van der Waals surface area (Å²) in [7, 11) is 0. The van der Waals surface area contributed by atoms with Crippen LogP contribution >= 0.6 is 27.7 Å². The SMILES string of the molecule is Oc1c2c3c(c4c1=N[C@@H]1C[C@]45C=C(Br)[C@H](O)C[C@H]5S1)NCCC=3C=N2. The van der Waals surface area contributed by atoms with E-state index < -0.39 is 6.10 Å². The molecule has 0 amide bonds. The number of fused-ring (bicyclic) bond motifs is 3. The van der Waals surface area contributed by atoms with Crippen LogP contribution < -0.4 is 15.9 Å². The summed E-state index contributed by atoms with van der Waals surface area (Å²) in [4.78, 5) is 9.35. The number of phenolic OH excluding ortho intramolecular Hbond substituents is 1. The van der Waals surface area contributed by atoms with Gasteiger partial charge in [-0.3, -0.25) is 9.98 Å². The Morgan fingerprint density at radius 2 is 2.28 bits per heavy atom. The van der Waals surface area contributed by atoms with Crippen molar-refractivity contribution in [2.24, 2.45) is 9.98 Å². The van der Waals surface area contributed by atoms with Crippen molar-refractivity contribution in [3.8, 4) is 5.75 Å². The van der Waals surface area contributed by atoms with E-state index in [1.165, 1.54) is 5.57 Å². The number of phenols is 1. The van der Waals surface area contributed by atoms with Gasteiger partial charge in [0.25, 0.3) is 0 Å². The van der Waals surface area contributed by atoms with Gasteiger partial charge < -0.3 is 15.5 Å². The van der Waals surface area contributed by atoms with E-state index in [1.807, 2.05) is 18.0 Å². The Balaban J connectivity index is 1.78. The minimum atomic E-state index is -0.455. The molecule has 1 fully saturated rings. The molecule has 0 unspecified atom stereocenters. The molecule has 2 bridgehead atoms. The molecule has 6 rings (SSSR count). The molecule has 5 nitrogen and oxygen atoms in total. The molecule has 128 valence electrons. The highest BCUT2D eigenvalue weighted by atomic mass is 79.9. The fourth-order valence-electron chi connectivity index (χ4n) is 5.03. The van der Waals surface area contributed by atoms with Crippen molar-refractivity contribution in [3.63, 3.8) is 0 Å². The van der Waals surface area contributed by atoms with Gasteiger partial charge in [0.1, 0.15) is 11.0 Å². The second-order valence-corrected chi connectivity index (χ2v) is 9.67. The highest BCUT2D eigenvalue weighted by Crippen LogP contribution is 2.58. The van der Waals surface area contributed by atoms with E-state index in [-0.39, 0.29) is 21.8 Å².